The summed E-state index contributed by atoms with van der Waals surface area (Å²) in [5.74, 6) is 1.74. The van der Waals surface area contributed by atoms with Crippen LogP contribution in [0.25, 0.3) is 17.1 Å². The van der Waals surface area contributed by atoms with Gasteiger partial charge in [0.1, 0.15) is 11.6 Å². The Kier molecular flexibility index (Phi) is 3.58. The van der Waals surface area contributed by atoms with E-state index in [1.807, 2.05) is 44.4 Å². The molecule has 3 aromatic rings. The van der Waals surface area contributed by atoms with E-state index >= 15 is 0 Å². The highest BCUT2D eigenvalue weighted by atomic mass is 16.5. The number of aromatic nitrogens is 4. The van der Waals surface area contributed by atoms with Gasteiger partial charge in [0, 0.05) is 33.3 Å². The number of aryl methyl sites for hydroxylation is 1. The van der Waals surface area contributed by atoms with Crippen molar-refractivity contribution in [2.24, 2.45) is 14.1 Å². The van der Waals surface area contributed by atoms with E-state index < -0.39 is 0 Å². The zero-order chi connectivity index (χ0) is 16.7. The molecule has 24 heavy (non-hydrogen) atoms. The van der Waals surface area contributed by atoms with Gasteiger partial charge in [0.15, 0.2) is 6.10 Å². The van der Waals surface area contributed by atoms with Crippen LogP contribution in [-0.2, 0) is 25.3 Å². The van der Waals surface area contributed by atoms with Crippen LogP contribution in [0.4, 0.5) is 0 Å². The standard InChI is InChI=1S/C19H20N4O/c1-22-15-11-6-4-5-9-13(15)20-18(22)17(24-3)19-21-14-10-7-8-12-16(14)23(19)2/h4-10,12,17H,11H2,1-3H3. The summed E-state index contributed by atoms with van der Waals surface area (Å²) in [5, 5.41) is 0. The summed E-state index contributed by atoms with van der Waals surface area (Å²) >= 11 is 0. The lowest BCUT2D eigenvalue weighted by atomic mass is 10.2. The molecular weight excluding hydrogens is 300 g/mol. The molecule has 0 saturated carbocycles. The van der Waals surface area contributed by atoms with Crippen molar-refractivity contribution in [2.45, 2.75) is 12.5 Å². The van der Waals surface area contributed by atoms with Crippen molar-refractivity contribution in [3.05, 3.63) is 65.5 Å². The van der Waals surface area contributed by atoms with Crippen LogP contribution in [0.1, 0.15) is 29.1 Å². The maximum Gasteiger partial charge on any atom is 0.172 e. The van der Waals surface area contributed by atoms with Crippen LogP contribution in [-0.4, -0.2) is 26.2 Å². The number of hydrogen-bond donors (Lipinski definition) is 0. The summed E-state index contributed by atoms with van der Waals surface area (Å²) < 4.78 is 10.0. The molecule has 5 nitrogen and oxygen atoms in total. The molecule has 0 saturated heterocycles. The Morgan fingerprint density at radius 1 is 1.04 bits per heavy atom. The summed E-state index contributed by atoms with van der Waals surface area (Å²) in [7, 11) is 5.77. The number of hydrogen-bond acceptors (Lipinski definition) is 3. The molecule has 0 radical (unpaired) electrons. The minimum atomic E-state index is -0.309. The number of allylic oxidation sites excluding steroid dienone is 3. The van der Waals surface area contributed by atoms with E-state index in [4.69, 9.17) is 14.7 Å². The maximum atomic E-state index is 5.81. The minimum absolute atomic E-state index is 0.309. The Morgan fingerprint density at radius 2 is 1.83 bits per heavy atom. The molecule has 0 aliphatic heterocycles. The normalized spacial score (nSPS) is 14.8. The van der Waals surface area contributed by atoms with Crippen molar-refractivity contribution in [1.82, 2.24) is 19.1 Å². The van der Waals surface area contributed by atoms with Gasteiger partial charge in [0.25, 0.3) is 0 Å². The van der Waals surface area contributed by atoms with Gasteiger partial charge in [-0.3, -0.25) is 0 Å². The van der Waals surface area contributed by atoms with Gasteiger partial charge in [-0.2, -0.15) is 0 Å². The Morgan fingerprint density at radius 3 is 2.62 bits per heavy atom. The van der Waals surface area contributed by atoms with Crippen LogP contribution in [0.2, 0.25) is 0 Å². The van der Waals surface area contributed by atoms with Crippen molar-refractivity contribution in [1.29, 1.82) is 0 Å². The van der Waals surface area contributed by atoms with Crippen LogP contribution in [0.5, 0.6) is 0 Å². The molecule has 0 spiro atoms. The lowest BCUT2D eigenvalue weighted by Crippen LogP contribution is -2.15. The molecule has 0 bridgehead atoms. The SMILES string of the molecule is COC(c1nc2c(n1C)CC=CC=C2)c1nc2ccccc2n1C. The number of benzene rings is 1. The Balaban J connectivity index is 1.86. The fraction of sp³-hybridized carbons (Fsp3) is 0.263. The molecule has 1 aliphatic carbocycles. The van der Waals surface area contributed by atoms with Crippen LogP contribution >= 0.6 is 0 Å². The Labute approximate surface area is 140 Å². The van der Waals surface area contributed by atoms with Gasteiger partial charge in [-0.25, -0.2) is 9.97 Å². The van der Waals surface area contributed by atoms with E-state index in [2.05, 4.69) is 27.4 Å². The van der Waals surface area contributed by atoms with Gasteiger partial charge >= 0.3 is 0 Å². The van der Waals surface area contributed by atoms with Gasteiger partial charge in [0.2, 0.25) is 0 Å². The topological polar surface area (TPSA) is 44.9 Å². The fourth-order valence-corrected chi connectivity index (χ4v) is 3.31. The summed E-state index contributed by atoms with van der Waals surface area (Å²) in [5.41, 5.74) is 4.25. The molecule has 2 aromatic heterocycles. The quantitative estimate of drug-likeness (QED) is 0.744. The molecule has 1 aliphatic rings. The lowest BCUT2D eigenvalue weighted by Gasteiger charge is -2.15. The fourth-order valence-electron chi connectivity index (χ4n) is 3.31. The number of methoxy groups -OCH3 is 1. The summed E-state index contributed by atoms with van der Waals surface area (Å²) in [6.45, 7) is 0. The van der Waals surface area contributed by atoms with E-state index in [1.165, 1.54) is 5.69 Å². The van der Waals surface area contributed by atoms with Crippen LogP contribution in [0.15, 0.2) is 42.5 Å². The van der Waals surface area contributed by atoms with Crippen molar-refractivity contribution < 1.29 is 4.74 Å². The van der Waals surface area contributed by atoms with Gasteiger partial charge in [-0.05, 0) is 18.2 Å². The molecule has 5 heteroatoms. The summed E-state index contributed by atoms with van der Waals surface area (Å²) in [6, 6.07) is 8.11. The first-order chi connectivity index (χ1) is 11.7. The van der Waals surface area contributed by atoms with Crippen molar-refractivity contribution >= 4 is 17.1 Å². The molecule has 0 fully saturated rings. The molecule has 0 amide bonds. The maximum absolute atomic E-state index is 5.81. The highest BCUT2D eigenvalue weighted by molar-refractivity contribution is 5.76. The first-order valence-corrected chi connectivity index (χ1v) is 8.03. The summed E-state index contributed by atoms with van der Waals surface area (Å²) in [6.07, 6.45) is 8.83. The van der Waals surface area contributed by atoms with Gasteiger partial charge in [-0.15, -0.1) is 0 Å². The second kappa shape index (κ2) is 5.76. The van der Waals surface area contributed by atoms with Crippen molar-refractivity contribution in [2.75, 3.05) is 7.11 Å². The second-order valence-corrected chi connectivity index (χ2v) is 5.99. The van der Waals surface area contributed by atoms with Crippen LogP contribution in [0, 0.1) is 0 Å². The number of fused-ring (bicyclic) bond motifs is 2. The number of nitrogens with zero attached hydrogens (tertiary/aromatic N) is 4. The molecule has 4 rings (SSSR count). The summed E-state index contributed by atoms with van der Waals surface area (Å²) in [4.78, 5) is 9.61. The average Bonchev–Trinajstić information content (AvgIpc) is 2.97. The minimum Gasteiger partial charge on any atom is -0.365 e. The van der Waals surface area contributed by atoms with Gasteiger partial charge in [0.05, 0.1) is 16.7 Å². The van der Waals surface area contributed by atoms with Crippen molar-refractivity contribution in [3.8, 4) is 0 Å². The van der Waals surface area contributed by atoms with E-state index in [0.717, 1.165) is 34.8 Å². The molecule has 122 valence electrons. The third-order valence-corrected chi connectivity index (χ3v) is 4.62. The highest BCUT2D eigenvalue weighted by Gasteiger charge is 2.26. The van der Waals surface area contributed by atoms with Gasteiger partial charge < -0.3 is 13.9 Å². The first-order valence-electron chi connectivity index (χ1n) is 8.03. The predicted molar refractivity (Wildman–Crippen MR) is 94.7 cm³/mol. The number of imidazole rings is 2. The number of rotatable bonds is 3. The zero-order valence-electron chi connectivity index (χ0n) is 14.1. The van der Waals surface area contributed by atoms with Crippen LogP contribution < -0.4 is 0 Å². The molecule has 1 aromatic carbocycles. The van der Waals surface area contributed by atoms with E-state index in [1.54, 1.807) is 7.11 Å². The molecule has 1 atom stereocenters. The number of para-hydroxylation sites is 2. The molecule has 2 heterocycles. The van der Waals surface area contributed by atoms with Crippen molar-refractivity contribution in [3.63, 3.8) is 0 Å². The lowest BCUT2D eigenvalue weighted by molar-refractivity contribution is 0.117. The van der Waals surface area contributed by atoms with Gasteiger partial charge in [-0.1, -0.05) is 30.4 Å². The van der Waals surface area contributed by atoms with E-state index in [-0.39, 0.29) is 6.10 Å². The van der Waals surface area contributed by atoms with Crippen LogP contribution in [0.3, 0.4) is 0 Å². The largest absolute Gasteiger partial charge is 0.365 e. The average molecular weight is 320 g/mol. The Bertz CT molecular complexity index is 961. The second-order valence-electron chi connectivity index (χ2n) is 5.99. The third kappa shape index (κ3) is 2.20. The molecular formula is C19H20N4O. The van der Waals surface area contributed by atoms with E-state index in [9.17, 15) is 0 Å². The molecule has 0 N–H and O–H groups in total. The zero-order valence-corrected chi connectivity index (χ0v) is 14.1. The molecule has 1 unspecified atom stereocenters. The number of ether oxygens (including phenoxy) is 1. The predicted octanol–water partition coefficient (Wildman–Crippen LogP) is 3.17. The first kappa shape index (κ1) is 14.9. The van der Waals surface area contributed by atoms with E-state index in [0.29, 0.717) is 0 Å². The monoisotopic (exact) mass is 320 g/mol. The Hall–Kier alpha value is -2.66. The third-order valence-electron chi connectivity index (χ3n) is 4.62. The smallest absolute Gasteiger partial charge is 0.172 e. The highest BCUT2D eigenvalue weighted by Crippen LogP contribution is 2.29.